The van der Waals surface area contributed by atoms with Gasteiger partial charge in [-0.3, -0.25) is 0 Å². The molecular formula is C21H21NO3S. The van der Waals surface area contributed by atoms with Crippen molar-refractivity contribution < 1.29 is 14.6 Å². The first-order valence-corrected chi connectivity index (χ1v) is 9.40. The molecule has 0 radical (unpaired) electrons. The third-order valence-corrected chi connectivity index (χ3v) is 5.25. The number of hydrogen-bond acceptors (Lipinski definition) is 4. The number of nitrogens with zero attached hydrogens (tertiary/aromatic N) is 1. The van der Waals surface area contributed by atoms with Gasteiger partial charge in [0.05, 0.1) is 5.69 Å². The molecule has 0 aliphatic rings. The molecule has 3 rings (SSSR count). The summed E-state index contributed by atoms with van der Waals surface area (Å²) in [5.74, 6) is -0.0724. The second kappa shape index (κ2) is 8.15. The molecule has 0 atom stereocenters. The van der Waals surface area contributed by atoms with Crippen LogP contribution in [0.4, 0.5) is 0 Å². The quantitative estimate of drug-likeness (QED) is 0.612. The molecule has 0 saturated carbocycles. The molecule has 4 nitrogen and oxygen atoms in total. The van der Waals surface area contributed by atoms with Crippen molar-refractivity contribution in [2.45, 2.75) is 33.3 Å². The van der Waals surface area contributed by atoms with Crippen LogP contribution in [0.15, 0.2) is 48.5 Å². The Morgan fingerprint density at radius 2 is 1.73 bits per heavy atom. The maximum absolute atomic E-state index is 11.2. The van der Waals surface area contributed by atoms with Crippen LogP contribution in [-0.2, 0) is 13.0 Å². The molecule has 0 aliphatic carbocycles. The Morgan fingerprint density at radius 3 is 2.31 bits per heavy atom. The van der Waals surface area contributed by atoms with Gasteiger partial charge in [0.2, 0.25) is 0 Å². The Labute approximate surface area is 157 Å². The molecular weight excluding hydrogens is 346 g/mol. The fourth-order valence-corrected chi connectivity index (χ4v) is 3.58. The van der Waals surface area contributed by atoms with Crippen molar-refractivity contribution in [3.05, 3.63) is 70.2 Å². The van der Waals surface area contributed by atoms with Gasteiger partial charge in [0, 0.05) is 5.56 Å². The lowest BCUT2D eigenvalue weighted by Gasteiger charge is -2.08. The van der Waals surface area contributed by atoms with Gasteiger partial charge in [0.25, 0.3) is 0 Å². The maximum Gasteiger partial charge on any atom is 0.347 e. The minimum Gasteiger partial charge on any atom is -0.489 e. The normalized spacial score (nSPS) is 10.7. The van der Waals surface area contributed by atoms with E-state index < -0.39 is 5.97 Å². The summed E-state index contributed by atoms with van der Waals surface area (Å²) in [7, 11) is 0. The van der Waals surface area contributed by atoms with Crippen LogP contribution in [0.5, 0.6) is 5.75 Å². The first kappa shape index (κ1) is 18.1. The topological polar surface area (TPSA) is 59.4 Å². The van der Waals surface area contributed by atoms with E-state index in [2.05, 4.69) is 24.0 Å². The molecule has 1 aromatic heterocycles. The number of ether oxygens (including phenoxy) is 1. The lowest BCUT2D eigenvalue weighted by atomic mass is 10.1. The highest BCUT2D eigenvalue weighted by atomic mass is 32.1. The number of carboxylic acids is 1. The Balaban J connectivity index is 1.64. The average Bonchev–Trinajstić information content (AvgIpc) is 3.04. The molecule has 1 heterocycles. The Kier molecular flexibility index (Phi) is 5.68. The van der Waals surface area contributed by atoms with Gasteiger partial charge in [0.15, 0.2) is 0 Å². The number of carbonyl (C=O) groups is 1. The van der Waals surface area contributed by atoms with E-state index in [1.54, 1.807) is 6.92 Å². The summed E-state index contributed by atoms with van der Waals surface area (Å²) >= 11 is 1.20. The summed E-state index contributed by atoms with van der Waals surface area (Å²) in [6, 6.07) is 16.1. The zero-order chi connectivity index (χ0) is 18.5. The van der Waals surface area contributed by atoms with E-state index in [4.69, 9.17) is 9.84 Å². The van der Waals surface area contributed by atoms with Crippen molar-refractivity contribution in [1.29, 1.82) is 0 Å². The first-order valence-electron chi connectivity index (χ1n) is 8.58. The van der Waals surface area contributed by atoms with Gasteiger partial charge < -0.3 is 9.84 Å². The second-order valence-corrected chi connectivity index (χ2v) is 7.12. The molecule has 0 saturated heterocycles. The highest BCUT2D eigenvalue weighted by molar-refractivity contribution is 7.17. The highest BCUT2D eigenvalue weighted by Crippen LogP contribution is 2.28. The number of aromatic carboxylic acids is 1. The molecule has 0 bridgehead atoms. The van der Waals surface area contributed by atoms with E-state index in [0.29, 0.717) is 17.2 Å². The summed E-state index contributed by atoms with van der Waals surface area (Å²) in [5.41, 5.74) is 3.84. The number of aromatic nitrogens is 1. The Morgan fingerprint density at radius 1 is 1.08 bits per heavy atom. The highest BCUT2D eigenvalue weighted by Gasteiger charge is 2.14. The number of thiazole rings is 1. The van der Waals surface area contributed by atoms with Crippen LogP contribution in [0.2, 0.25) is 0 Å². The SMILES string of the molecule is CCCc1ccc(OCc2ccc(-c3nc(C)c(C(=O)O)s3)cc2)cc1. The van der Waals surface area contributed by atoms with Crippen molar-refractivity contribution in [1.82, 2.24) is 4.98 Å². The van der Waals surface area contributed by atoms with E-state index in [1.165, 1.54) is 16.9 Å². The minimum atomic E-state index is -0.929. The third-order valence-electron chi connectivity index (χ3n) is 4.06. The summed E-state index contributed by atoms with van der Waals surface area (Å²) < 4.78 is 5.83. The summed E-state index contributed by atoms with van der Waals surface area (Å²) in [5, 5.41) is 9.87. The Hall–Kier alpha value is -2.66. The van der Waals surface area contributed by atoms with Crippen LogP contribution in [0, 0.1) is 6.92 Å². The fourth-order valence-electron chi connectivity index (χ4n) is 2.67. The molecule has 3 aromatic rings. The monoisotopic (exact) mass is 367 g/mol. The lowest BCUT2D eigenvalue weighted by molar-refractivity contribution is 0.0701. The minimum absolute atomic E-state index is 0.291. The van der Waals surface area contributed by atoms with Crippen molar-refractivity contribution >= 4 is 17.3 Å². The van der Waals surface area contributed by atoms with Crippen LogP contribution in [0.1, 0.15) is 39.8 Å². The van der Waals surface area contributed by atoms with Gasteiger partial charge in [-0.25, -0.2) is 9.78 Å². The van der Waals surface area contributed by atoms with Gasteiger partial charge >= 0.3 is 5.97 Å². The molecule has 5 heteroatoms. The van der Waals surface area contributed by atoms with Crippen LogP contribution < -0.4 is 4.74 Å². The fraction of sp³-hybridized carbons (Fsp3) is 0.238. The molecule has 134 valence electrons. The zero-order valence-corrected chi connectivity index (χ0v) is 15.7. The largest absolute Gasteiger partial charge is 0.489 e. The van der Waals surface area contributed by atoms with E-state index in [9.17, 15) is 4.79 Å². The summed E-state index contributed by atoms with van der Waals surface area (Å²) in [6.45, 7) is 4.38. The smallest absolute Gasteiger partial charge is 0.347 e. The van der Waals surface area contributed by atoms with Gasteiger partial charge in [-0.05, 0) is 36.6 Å². The van der Waals surface area contributed by atoms with Crippen molar-refractivity contribution in [3.8, 4) is 16.3 Å². The van der Waals surface area contributed by atoms with Crippen LogP contribution in [0.25, 0.3) is 10.6 Å². The molecule has 26 heavy (non-hydrogen) atoms. The van der Waals surface area contributed by atoms with E-state index >= 15 is 0 Å². The van der Waals surface area contributed by atoms with Crippen LogP contribution in [0.3, 0.4) is 0 Å². The number of carboxylic acid groups (broad SMARTS) is 1. The number of benzene rings is 2. The lowest BCUT2D eigenvalue weighted by Crippen LogP contribution is -1.95. The maximum atomic E-state index is 11.2. The predicted octanol–water partition coefficient (Wildman–Crippen LogP) is 5.35. The zero-order valence-electron chi connectivity index (χ0n) is 14.9. The van der Waals surface area contributed by atoms with Gasteiger partial charge in [0.1, 0.15) is 22.2 Å². The van der Waals surface area contributed by atoms with E-state index in [0.717, 1.165) is 34.7 Å². The molecule has 1 N–H and O–H groups in total. The van der Waals surface area contributed by atoms with Gasteiger partial charge in [-0.2, -0.15) is 0 Å². The van der Waals surface area contributed by atoms with E-state index in [-0.39, 0.29) is 0 Å². The Bertz CT molecular complexity index is 883. The molecule has 0 fully saturated rings. The summed E-state index contributed by atoms with van der Waals surface area (Å²) in [4.78, 5) is 15.8. The van der Waals surface area contributed by atoms with Gasteiger partial charge in [-0.1, -0.05) is 49.7 Å². The molecule has 0 unspecified atom stereocenters. The van der Waals surface area contributed by atoms with Gasteiger partial charge in [-0.15, -0.1) is 11.3 Å². The first-order chi connectivity index (χ1) is 12.6. The number of aryl methyl sites for hydroxylation is 2. The molecule has 0 amide bonds. The standard InChI is InChI=1S/C21H21NO3S/c1-3-4-15-7-11-18(12-8-15)25-13-16-5-9-17(10-6-16)20-22-14(2)19(26-20)21(23)24/h5-12H,3-4,13H2,1-2H3,(H,23,24). The third kappa shape index (κ3) is 4.29. The molecule has 0 spiro atoms. The van der Waals surface area contributed by atoms with E-state index in [1.807, 2.05) is 36.4 Å². The van der Waals surface area contributed by atoms with Crippen LogP contribution >= 0.6 is 11.3 Å². The molecule has 0 aliphatic heterocycles. The average molecular weight is 367 g/mol. The second-order valence-electron chi connectivity index (χ2n) is 6.12. The number of rotatable bonds is 7. The van der Waals surface area contributed by atoms with Crippen LogP contribution in [-0.4, -0.2) is 16.1 Å². The summed E-state index contributed by atoms with van der Waals surface area (Å²) in [6.07, 6.45) is 2.22. The molecule has 2 aromatic carbocycles. The van der Waals surface area contributed by atoms with Crippen molar-refractivity contribution in [3.63, 3.8) is 0 Å². The predicted molar refractivity (Wildman–Crippen MR) is 104 cm³/mol. The van der Waals surface area contributed by atoms with Crippen molar-refractivity contribution in [2.75, 3.05) is 0 Å². The number of hydrogen-bond donors (Lipinski definition) is 1. The van der Waals surface area contributed by atoms with Crippen molar-refractivity contribution in [2.24, 2.45) is 0 Å².